The molecule has 1 atom stereocenters. The van der Waals surface area contributed by atoms with Crippen LogP contribution in [-0.4, -0.2) is 20.7 Å². The topological polar surface area (TPSA) is 26.3 Å². The Hall–Kier alpha value is -0.283. The fraction of sp³-hybridized carbons (Fsp3) is 0.625. The van der Waals surface area contributed by atoms with Gasteiger partial charge in [0.15, 0.2) is 0 Å². The molecule has 1 unspecified atom stereocenters. The molecule has 0 heterocycles. The Labute approximate surface area is 79.9 Å². The van der Waals surface area contributed by atoms with Gasteiger partial charge in [-0.05, 0) is 19.4 Å². The molecule has 12 heavy (non-hydrogen) atoms. The van der Waals surface area contributed by atoms with Gasteiger partial charge in [-0.2, -0.15) is 11.1 Å². The number of hydrogen-bond acceptors (Lipinski definition) is 2. The molecule has 0 aliphatic rings. The van der Waals surface area contributed by atoms with E-state index >= 15 is 0 Å². The van der Waals surface area contributed by atoms with Gasteiger partial charge < -0.3 is 4.74 Å². The quantitative estimate of drug-likeness (QED) is 0.226. The predicted octanol–water partition coefficient (Wildman–Crippen LogP) is 2.09. The molecule has 0 aromatic rings. The Morgan fingerprint density at radius 3 is 2.83 bits per heavy atom. The molecule has 0 N–H and O–H groups in total. The van der Waals surface area contributed by atoms with Crippen LogP contribution >= 0.6 is 11.1 Å². The van der Waals surface area contributed by atoms with Gasteiger partial charge in [0.25, 0.3) is 0 Å². The molecule has 0 spiro atoms. The van der Waals surface area contributed by atoms with Gasteiger partial charge in [0.2, 0.25) is 0 Å². The van der Waals surface area contributed by atoms with Gasteiger partial charge in [0.1, 0.15) is 8.11 Å². The smallest absolute Gasteiger partial charge is 0.330 e. The lowest BCUT2D eigenvalue weighted by molar-refractivity contribution is -0.137. The summed E-state index contributed by atoms with van der Waals surface area (Å²) >= 11 is 5.84. The molecular weight excluding hydrogens is 192 g/mol. The number of allylic oxidation sites excluding steroid dienone is 1. The molecule has 0 aromatic heterocycles. The van der Waals surface area contributed by atoms with Crippen LogP contribution in [0.25, 0.3) is 0 Å². The van der Waals surface area contributed by atoms with E-state index in [0.29, 0.717) is 6.61 Å². The molecule has 0 fully saturated rings. The first-order valence-corrected chi connectivity index (χ1v) is 7.82. The lowest BCUT2D eigenvalue weighted by Gasteiger charge is -2.01. The van der Waals surface area contributed by atoms with Crippen LogP contribution in [-0.2, 0) is 9.53 Å². The van der Waals surface area contributed by atoms with Crippen molar-refractivity contribution in [3.63, 3.8) is 0 Å². The Kier molecular flexibility index (Phi) is 7.20. The van der Waals surface area contributed by atoms with E-state index in [9.17, 15) is 4.79 Å². The predicted molar refractivity (Wildman–Crippen MR) is 54.1 cm³/mol. The number of halogens is 1. The van der Waals surface area contributed by atoms with Gasteiger partial charge in [0.05, 0.1) is 6.61 Å². The zero-order valence-corrected chi connectivity index (χ0v) is 9.46. The van der Waals surface area contributed by atoms with Crippen LogP contribution in [0, 0.1) is 0 Å². The van der Waals surface area contributed by atoms with Crippen LogP contribution in [0.3, 0.4) is 0 Å². The highest BCUT2D eigenvalue weighted by atomic mass is 35.6. The number of carbonyl (C=O) groups excluding carboxylic acids is 1. The van der Waals surface area contributed by atoms with E-state index in [-0.39, 0.29) is 5.97 Å². The number of ether oxygens (including phenoxy) is 1. The summed E-state index contributed by atoms with van der Waals surface area (Å²) in [4.78, 5) is 10.8. The molecule has 70 valence electrons. The standard InChI is InChI=1S/C8H15ClO2Si/c1-3-5-8(10)11-6-4-7-12(2)9/h3,5,12H,4,6-7H2,1-2H3. The Balaban J connectivity index is 3.25. The number of rotatable bonds is 5. The summed E-state index contributed by atoms with van der Waals surface area (Å²) in [6, 6.07) is 1.02. The highest BCUT2D eigenvalue weighted by Gasteiger charge is 1.99. The van der Waals surface area contributed by atoms with Crippen LogP contribution in [0.4, 0.5) is 0 Å². The normalized spacial score (nSPS) is 13.2. The first-order valence-electron chi connectivity index (χ1n) is 4.10. The van der Waals surface area contributed by atoms with Crippen molar-refractivity contribution in [2.45, 2.75) is 25.9 Å². The zero-order chi connectivity index (χ0) is 9.40. The van der Waals surface area contributed by atoms with Gasteiger partial charge in [0, 0.05) is 6.08 Å². The number of esters is 1. The van der Waals surface area contributed by atoms with Gasteiger partial charge in [-0.15, -0.1) is 0 Å². The van der Waals surface area contributed by atoms with E-state index < -0.39 is 8.11 Å². The van der Waals surface area contributed by atoms with Crippen molar-refractivity contribution in [1.29, 1.82) is 0 Å². The van der Waals surface area contributed by atoms with Gasteiger partial charge in [-0.25, -0.2) is 4.79 Å². The van der Waals surface area contributed by atoms with Crippen molar-refractivity contribution in [3.05, 3.63) is 12.2 Å². The van der Waals surface area contributed by atoms with E-state index in [1.807, 2.05) is 0 Å². The van der Waals surface area contributed by atoms with Crippen molar-refractivity contribution in [2.24, 2.45) is 0 Å². The van der Waals surface area contributed by atoms with Gasteiger partial charge in [-0.3, -0.25) is 0 Å². The van der Waals surface area contributed by atoms with Gasteiger partial charge in [-0.1, -0.05) is 12.6 Å². The van der Waals surface area contributed by atoms with Crippen molar-refractivity contribution < 1.29 is 9.53 Å². The van der Waals surface area contributed by atoms with Crippen LogP contribution < -0.4 is 0 Å². The highest BCUT2D eigenvalue weighted by molar-refractivity contribution is 7.06. The van der Waals surface area contributed by atoms with Crippen molar-refractivity contribution in [3.8, 4) is 0 Å². The first kappa shape index (κ1) is 11.7. The zero-order valence-electron chi connectivity index (χ0n) is 7.55. The second kappa shape index (κ2) is 7.37. The van der Waals surface area contributed by atoms with Gasteiger partial charge >= 0.3 is 5.97 Å². The summed E-state index contributed by atoms with van der Waals surface area (Å²) in [5.41, 5.74) is 0. The third-order valence-electron chi connectivity index (χ3n) is 1.29. The molecule has 0 aliphatic carbocycles. The average Bonchev–Trinajstić information content (AvgIpc) is 1.98. The maximum absolute atomic E-state index is 10.8. The van der Waals surface area contributed by atoms with E-state index in [2.05, 4.69) is 6.55 Å². The lowest BCUT2D eigenvalue weighted by atomic mass is 10.5. The van der Waals surface area contributed by atoms with Crippen LogP contribution in [0.2, 0.25) is 12.6 Å². The Morgan fingerprint density at radius 1 is 1.67 bits per heavy atom. The third kappa shape index (κ3) is 7.82. The van der Waals surface area contributed by atoms with E-state index in [4.69, 9.17) is 15.8 Å². The van der Waals surface area contributed by atoms with Crippen molar-refractivity contribution >= 4 is 25.2 Å². The van der Waals surface area contributed by atoms with Crippen LogP contribution in [0.1, 0.15) is 13.3 Å². The summed E-state index contributed by atoms with van der Waals surface area (Å²) < 4.78 is 4.87. The van der Waals surface area contributed by atoms with E-state index in [1.54, 1.807) is 13.0 Å². The highest BCUT2D eigenvalue weighted by Crippen LogP contribution is 2.01. The second-order valence-corrected chi connectivity index (χ2v) is 6.96. The van der Waals surface area contributed by atoms with Crippen LogP contribution in [0.15, 0.2) is 12.2 Å². The molecule has 0 bridgehead atoms. The minimum absolute atomic E-state index is 0.263. The van der Waals surface area contributed by atoms with E-state index in [1.165, 1.54) is 6.08 Å². The molecule has 0 aliphatic heterocycles. The average molecular weight is 207 g/mol. The summed E-state index contributed by atoms with van der Waals surface area (Å²) in [5, 5.41) is 0. The fourth-order valence-electron chi connectivity index (χ4n) is 0.722. The molecule has 4 heteroatoms. The van der Waals surface area contributed by atoms with Crippen LogP contribution in [0.5, 0.6) is 0 Å². The largest absolute Gasteiger partial charge is 0.463 e. The third-order valence-corrected chi connectivity index (χ3v) is 3.15. The summed E-state index contributed by atoms with van der Waals surface area (Å²) in [7, 11) is -0.987. The number of carbonyl (C=O) groups is 1. The lowest BCUT2D eigenvalue weighted by Crippen LogP contribution is -2.04. The first-order chi connectivity index (χ1) is 5.66. The number of hydrogen-bond donors (Lipinski definition) is 0. The molecule has 0 amide bonds. The molecule has 0 rings (SSSR count). The maximum atomic E-state index is 10.8. The Bertz CT molecular complexity index is 157. The minimum atomic E-state index is -0.987. The van der Waals surface area contributed by atoms with E-state index in [0.717, 1.165) is 12.5 Å². The molecule has 0 saturated carbocycles. The maximum Gasteiger partial charge on any atom is 0.330 e. The Morgan fingerprint density at radius 2 is 2.33 bits per heavy atom. The molecule has 0 saturated heterocycles. The summed E-state index contributed by atoms with van der Waals surface area (Å²) in [6.45, 7) is 4.34. The molecular formula is C8H15ClO2Si. The SMILES string of the molecule is CC=CC(=O)OCCC[SiH](C)Cl. The molecule has 2 nitrogen and oxygen atoms in total. The monoisotopic (exact) mass is 206 g/mol. The second-order valence-electron chi connectivity index (χ2n) is 2.59. The summed E-state index contributed by atoms with van der Waals surface area (Å²) in [5.74, 6) is -0.263. The molecule has 0 radical (unpaired) electrons. The minimum Gasteiger partial charge on any atom is -0.463 e. The molecule has 0 aromatic carbocycles. The van der Waals surface area contributed by atoms with Crippen molar-refractivity contribution in [2.75, 3.05) is 6.61 Å². The van der Waals surface area contributed by atoms with Crippen molar-refractivity contribution in [1.82, 2.24) is 0 Å². The summed E-state index contributed by atoms with van der Waals surface area (Å²) in [6.07, 6.45) is 3.98. The fourth-order valence-corrected chi connectivity index (χ4v) is 1.91.